The summed E-state index contributed by atoms with van der Waals surface area (Å²) in [6.45, 7) is 10.8. The van der Waals surface area contributed by atoms with E-state index in [9.17, 15) is 0 Å². The number of unbranched alkanes of at least 4 members (excludes halogenated alkanes) is 1. The largest absolute Gasteiger partial charge is 0.385 e. The summed E-state index contributed by atoms with van der Waals surface area (Å²) in [5.41, 5.74) is 0.233. The molecule has 92 valence electrons. The van der Waals surface area contributed by atoms with Crippen LogP contribution in [0, 0.1) is 0 Å². The van der Waals surface area contributed by atoms with Crippen molar-refractivity contribution in [3.63, 3.8) is 0 Å². The van der Waals surface area contributed by atoms with Gasteiger partial charge >= 0.3 is 0 Å². The van der Waals surface area contributed by atoms with Crippen LogP contribution in [0.15, 0.2) is 0 Å². The molecule has 0 saturated heterocycles. The molecule has 0 fully saturated rings. The minimum absolute atomic E-state index is 0.233. The molecule has 1 N–H and O–H groups in total. The lowest BCUT2D eigenvalue weighted by Gasteiger charge is -2.23. The van der Waals surface area contributed by atoms with Crippen LogP contribution in [-0.2, 0) is 4.74 Å². The van der Waals surface area contributed by atoms with E-state index in [0.29, 0.717) is 0 Å². The van der Waals surface area contributed by atoms with Crippen molar-refractivity contribution < 1.29 is 4.74 Å². The van der Waals surface area contributed by atoms with Gasteiger partial charge in [-0.2, -0.15) is 0 Å². The van der Waals surface area contributed by atoms with Gasteiger partial charge in [-0.25, -0.2) is 0 Å². The molecule has 0 atom stereocenters. The van der Waals surface area contributed by atoms with Crippen LogP contribution < -0.4 is 5.32 Å². The summed E-state index contributed by atoms with van der Waals surface area (Å²) < 4.78 is 5.02. The fourth-order valence-electron chi connectivity index (χ4n) is 1.36. The number of hydrogen-bond donors (Lipinski definition) is 1. The summed E-state index contributed by atoms with van der Waals surface area (Å²) in [5.74, 6) is 0. The fourth-order valence-corrected chi connectivity index (χ4v) is 1.36. The van der Waals surface area contributed by atoms with Gasteiger partial charge in [-0.15, -0.1) is 0 Å². The molecule has 0 spiro atoms. The molecule has 0 aliphatic rings. The van der Waals surface area contributed by atoms with Crippen molar-refractivity contribution in [2.24, 2.45) is 0 Å². The zero-order chi connectivity index (χ0) is 11.7. The van der Waals surface area contributed by atoms with Gasteiger partial charge in [0.25, 0.3) is 0 Å². The lowest BCUT2D eigenvalue weighted by atomic mass is 10.1. The van der Waals surface area contributed by atoms with E-state index in [0.717, 1.165) is 32.7 Å². The van der Waals surface area contributed by atoms with Crippen molar-refractivity contribution in [3.05, 3.63) is 0 Å². The number of nitrogens with one attached hydrogen (secondary N) is 1. The molecule has 15 heavy (non-hydrogen) atoms. The van der Waals surface area contributed by atoms with E-state index in [4.69, 9.17) is 4.74 Å². The first-order chi connectivity index (χ1) is 6.95. The topological polar surface area (TPSA) is 24.5 Å². The van der Waals surface area contributed by atoms with Gasteiger partial charge in [0.1, 0.15) is 0 Å². The third kappa shape index (κ3) is 11.8. The molecule has 0 amide bonds. The zero-order valence-electron chi connectivity index (χ0n) is 11.1. The molecule has 0 bridgehead atoms. The van der Waals surface area contributed by atoms with Gasteiger partial charge in [-0.05, 0) is 47.2 Å². The molecule has 3 heteroatoms. The van der Waals surface area contributed by atoms with Crippen LogP contribution in [0.25, 0.3) is 0 Å². The first-order valence-corrected chi connectivity index (χ1v) is 5.88. The third-order valence-corrected chi connectivity index (χ3v) is 2.29. The SMILES string of the molecule is COCCCCN(C)CCNC(C)(C)C. The summed E-state index contributed by atoms with van der Waals surface area (Å²) >= 11 is 0. The van der Waals surface area contributed by atoms with E-state index in [1.54, 1.807) is 7.11 Å². The lowest BCUT2D eigenvalue weighted by Crippen LogP contribution is -2.40. The summed E-state index contributed by atoms with van der Waals surface area (Å²) in [4.78, 5) is 2.37. The van der Waals surface area contributed by atoms with E-state index in [-0.39, 0.29) is 5.54 Å². The van der Waals surface area contributed by atoms with Gasteiger partial charge in [-0.3, -0.25) is 0 Å². The van der Waals surface area contributed by atoms with Crippen molar-refractivity contribution in [2.75, 3.05) is 40.4 Å². The number of hydrogen-bond acceptors (Lipinski definition) is 3. The molecule has 0 aliphatic carbocycles. The number of rotatable bonds is 8. The number of methoxy groups -OCH3 is 1. The second kappa shape index (κ2) is 8.08. The summed E-state index contributed by atoms with van der Waals surface area (Å²) in [5, 5.41) is 3.49. The van der Waals surface area contributed by atoms with Crippen molar-refractivity contribution in [2.45, 2.75) is 39.2 Å². The van der Waals surface area contributed by atoms with Crippen molar-refractivity contribution in [1.29, 1.82) is 0 Å². The summed E-state index contributed by atoms with van der Waals surface area (Å²) in [7, 11) is 3.94. The Morgan fingerprint density at radius 3 is 2.33 bits per heavy atom. The Bertz CT molecular complexity index is 143. The number of nitrogens with zero attached hydrogens (tertiary/aromatic N) is 1. The van der Waals surface area contributed by atoms with E-state index >= 15 is 0 Å². The second-order valence-corrected chi connectivity index (χ2v) is 5.18. The molecule has 0 aliphatic heterocycles. The quantitative estimate of drug-likeness (QED) is 0.625. The van der Waals surface area contributed by atoms with Crippen LogP contribution >= 0.6 is 0 Å². The van der Waals surface area contributed by atoms with Crippen LogP contribution in [0.2, 0.25) is 0 Å². The zero-order valence-corrected chi connectivity index (χ0v) is 11.1. The fraction of sp³-hybridized carbons (Fsp3) is 1.00. The maximum Gasteiger partial charge on any atom is 0.0462 e. The highest BCUT2D eigenvalue weighted by Gasteiger charge is 2.08. The molecule has 0 unspecified atom stereocenters. The van der Waals surface area contributed by atoms with Gasteiger partial charge < -0.3 is 15.0 Å². The van der Waals surface area contributed by atoms with Crippen molar-refractivity contribution >= 4 is 0 Å². The highest BCUT2D eigenvalue weighted by Crippen LogP contribution is 1.98. The van der Waals surface area contributed by atoms with E-state index < -0.39 is 0 Å². The van der Waals surface area contributed by atoms with Gasteiger partial charge in [-0.1, -0.05) is 0 Å². The predicted molar refractivity (Wildman–Crippen MR) is 66.4 cm³/mol. The molecule has 0 saturated carbocycles. The maximum atomic E-state index is 5.02. The molecule has 0 aromatic rings. The smallest absolute Gasteiger partial charge is 0.0462 e. The van der Waals surface area contributed by atoms with Gasteiger partial charge in [0, 0.05) is 32.3 Å². The molecular formula is C12H28N2O. The minimum atomic E-state index is 0.233. The molecule has 3 nitrogen and oxygen atoms in total. The Balaban J connectivity index is 3.29. The average molecular weight is 216 g/mol. The Hall–Kier alpha value is -0.120. The molecule has 0 aromatic carbocycles. The van der Waals surface area contributed by atoms with Crippen molar-refractivity contribution in [3.8, 4) is 0 Å². The van der Waals surface area contributed by atoms with Gasteiger partial charge in [0.15, 0.2) is 0 Å². The summed E-state index contributed by atoms with van der Waals surface area (Å²) in [6.07, 6.45) is 2.38. The molecule has 0 radical (unpaired) electrons. The third-order valence-electron chi connectivity index (χ3n) is 2.29. The molecule has 0 rings (SSSR count). The van der Waals surface area contributed by atoms with E-state index in [2.05, 4.69) is 38.0 Å². The van der Waals surface area contributed by atoms with Gasteiger partial charge in [0.05, 0.1) is 0 Å². The van der Waals surface area contributed by atoms with E-state index in [1.807, 2.05) is 0 Å². The molecule has 0 heterocycles. The maximum absolute atomic E-state index is 5.02. The monoisotopic (exact) mass is 216 g/mol. The van der Waals surface area contributed by atoms with E-state index in [1.165, 1.54) is 6.42 Å². The average Bonchev–Trinajstić information content (AvgIpc) is 2.10. The Labute approximate surface area is 95.2 Å². The first-order valence-electron chi connectivity index (χ1n) is 5.88. The highest BCUT2D eigenvalue weighted by atomic mass is 16.5. The number of likely N-dealkylation sites (N-methyl/N-ethyl adjacent to an activating group) is 1. The van der Waals surface area contributed by atoms with Crippen LogP contribution in [-0.4, -0.2) is 50.8 Å². The normalized spacial score (nSPS) is 12.4. The van der Waals surface area contributed by atoms with Gasteiger partial charge in [0.2, 0.25) is 0 Å². The second-order valence-electron chi connectivity index (χ2n) is 5.18. The van der Waals surface area contributed by atoms with Crippen molar-refractivity contribution in [1.82, 2.24) is 10.2 Å². The Morgan fingerprint density at radius 2 is 1.80 bits per heavy atom. The van der Waals surface area contributed by atoms with Crippen LogP contribution in [0.1, 0.15) is 33.6 Å². The highest BCUT2D eigenvalue weighted by molar-refractivity contribution is 4.70. The summed E-state index contributed by atoms with van der Waals surface area (Å²) in [6, 6.07) is 0. The van der Waals surface area contributed by atoms with Crippen LogP contribution in [0.5, 0.6) is 0 Å². The predicted octanol–water partition coefficient (Wildman–Crippen LogP) is 1.73. The number of ether oxygens (including phenoxy) is 1. The lowest BCUT2D eigenvalue weighted by molar-refractivity contribution is 0.187. The molecule has 0 aromatic heterocycles. The Morgan fingerprint density at radius 1 is 1.13 bits per heavy atom. The Kier molecular flexibility index (Phi) is 8.02. The van der Waals surface area contributed by atoms with Crippen LogP contribution in [0.4, 0.5) is 0 Å². The standard InChI is InChI=1S/C12H28N2O/c1-12(2,3)13-8-10-14(4)9-6-7-11-15-5/h13H,6-11H2,1-5H3. The van der Waals surface area contributed by atoms with Crippen LogP contribution in [0.3, 0.4) is 0 Å². The first kappa shape index (κ1) is 14.9. The minimum Gasteiger partial charge on any atom is -0.385 e. The molecular weight excluding hydrogens is 188 g/mol.